The number of hydrogen-bond donors (Lipinski definition) is 3. The number of benzene rings is 2. The first-order valence-electron chi connectivity index (χ1n) is 9.52. The van der Waals surface area contributed by atoms with Crippen molar-refractivity contribution in [3.63, 3.8) is 0 Å². The molecule has 0 aliphatic heterocycles. The highest BCUT2D eigenvalue weighted by Crippen LogP contribution is 2.32. The van der Waals surface area contributed by atoms with Gasteiger partial charge >= 0.3 is 0 Å². The minimum absolute atomic E-state index is 0.229. The molecule has 1 amide bonds. The lowest BCUT2D eigenvalue weighted by molar-refractivity contribution is 0.0965. The van der Waals surface area contributed by atoms with E-state index < -0.39 is 5.67 Å². The summed E-state index contributed by atoms with van der Waals surface area (Å²) in [6, 6.07) is 16.6. The number of nitrogens with two attached hydrogens (primary N) is 1. The third-order valence-electron chi connectivity index (χ3n) is 4.81. The molecular weight excluding hydrogens is 379 g/mol. The fourth-order valence-electron chi connectivity index (χ4n) is 3.27. The molecule has 0 spiro atoms. The highest BCUT2D eigenvalue weighted by molar-refractivity contribution is 6.12. The lowest BCUT2D eigenvalue weighted by atomic mass is 10.00. The number of halogens is 1. The van der Waals surface area contributed by atoms with E-state index in [0.717, 1.165) is 5.69 Å². The van der Waals surface area contributed by atoms with E-state index in [1.165, 1.54) is 19.1 Å². The zero-order valence-corrected chi connectivity index (χ0v) is 16.4. The van der Waals surface area contributed by atoms with Crippen molar-refractivity contribution in [1.82, 2.24) is 10.4 Å². The number of amides is 1. The summed E-state index contributed by atoms with van der Waals surface area (Å²) < 4.78 is 14.3. The van der Waals surface area contributed by atoms with Crippen molar-refractivity contribution in [2.75, 3.05) is 11.2 Å². The van der Waals surface area contributed by atoms with E-state index in [2.05, 4.69) is 15.8 Å². The first-order chi connectivity index (χ1) is 14.4. The molecule has 1 aliphatic carbocycles. The number of pyridine rings is 1. The van der Waals surface area contributed by atoms with Gasteiger partial charge in [-0.05, 0) is 37.3 Å². The number of hydrazine groups is 1. The van der Waals surface area contributed by atoms with Crippen LogP contribution in [0, 0.1) is 0 Å². The number of para-hydroxylation sites is 2. The SMILES string of the molecule is CC1(F)C=CC=C(c2nc3ccccc3c(C(=O)NNc3ccccc3)c2N)C=C1. The minimum Gasteiger partial charge on any atom is -0.396 e. The Balaban J connectivity index is 1.77. The van der Waals surface area contributed by atoms with Crippen LogP contribution in [-0.4, -0.2) is 16.6 Å². The number of rotatable bonds is 4. The second-order valence-corrected chi connectivity index (χ2v) is 7.18. The third kappa shape index (κ3) is 3.93. The van der Waals surface area contributed by atoms with Crippen molar-refractivity contribution < 1.29 is 9.18 Å². The highest BCUT2D eigenvalue weighted by Gasteiger charge is 2.22. The molecule has 4 N–H and O–H groups in total. The molecule has 5 nitrogen and oxygen atoms in total. The van der Waals surface area contributed by atoms with E-state index in [4.69, 9.17) is 5.73 Å². The van der Waals surface area contributed by atoms with Gasteiger partial charge in [-0.2, -0.15) is 0 Å². The average molecular weight is 400 g/mol. The Kier molecular flexibility index (Phi) is 5.06. The van der Waals surface area contributed by atoms with Crippen LogP contribution in [-0.2, 0) is 0 Å². The van der Waals surface area contributed by atoms with Crippen LogP contribution in [0.25, 0.3) is 16.5 Å². The van der Waals surface area contributed by atoms with Gasteiger partial charge in [0, 0.05) is 11.0 Å². The summed E-state index contributed by atoms with van der Waals surface area (Å²) in [5, 5.41) is 0.634. The van der Waals surface area contributed by atoms with Crippen LogP contribution in [0.3, 0.4) is 0 Å². The first-order valence-corrected chi connectivity index (χ1v) is 9.52. The van der Waals surface area contributed by atoms with E-state index in [1.807, 2.05) is 48.5 Å². The predicted molar refractivity (Wildman–Crippen MR) is 119 cm³/mol. The summed E-state index contributed by atoms with van der Waals surface area (Å²) in [5.74, 6) is -0.389. The summed E-state index contributed by atoms with van der Waals surface area (Å²) in [6.07, 6.45) is 7.89. The Morgan fingerprint density at radius 1 is 1.07 bits per heavy atom. The van der Waals surface area contributed by atoms with E-state index in [9.17, 15) is 9.18 Å². The van der Waals surface area contributed by atoms with Gasteiger partial charge in [-0.15, -0.1) is 0 Å². The normalized spacial score (nSPS) is 18.0. The van der Waals surface area contributed by atoms with E-state index >= 15 is 0 Å². The fourth-order valence-corrected chi connectivity index (χ4v) is 3.27. The lowest BCUT2D eigenvalue weighted by Crippen LogP contribution is -2.30. The number of nitrogens with one attached hydrogen (secondary N) is 2. The molecule has 150 valence electrons. The van der Waals surface area contributed by atoms with Gasteiger partial charge in [-0.25, -0.2) is 9.37 Å². The van der Waals surface area contributed by atoms with Gasteiger partial charge in [0.1, 0.15) is 5.67 Å². The molecular formula is C24H21FN4O. The Labute approximate surface area is 173 Å². The van der Waals surface area contributed by atoms with Crippen LogP contribution >= 0.6 is 0 Å². The largest absolute Gasteiger partial charge is 0.396 e. The molecule has 30 heavy (non-hydrogen) atoms. The molecule has 0 fully saturated rings. The molecule has 1 unspecified atom stereocenters. The average Bonchev–Trinajstić information content (AvgIpc) is 2.93. The molecule has 0 radical (unpaired) electrons. The number of alkyl halides is 1. The maximum absolute atomic E-state index is 14.3. The number of allylic oxidation sites excluding steroid dienone is 6. The van der Waals surface area contributed by atoms with Gasteiger partial charge in [-0.3, -0.25) is 15.6 Å². The molecule has 1 aromatic heterocycles. The monoisotopic (exact) mass is 400 g/mol. The van der Waals surface area contributed by atoms with Crippen molar-refractivity contribution >= 4 is 33.8 Å². The summed E-state index contributed by atoms with van der Waals surface area (Å²) in [7, 11) is 0. The standard InChI is InChI=1S/C24H21FN4O/c1-24(25)14-7-8-16(13-15-24)22-21(26)20(18-11-5-6-12-19(18)27-22)23(30)29-28-17-9-3-2-4-10-17/h2-15,28H,26H2,1H3,(H,29,30). The number of carbonyl (C=O) groups excluding carboxylic acids is 1. The number of anilines is 2. The second-order valence-electron chi connectivity index (χ2n) is 7.18. The smallest absolute Gasteiger partial charge is 0.272 e. The molecule has 2 aromatic carbocycles. The van der Waals surface area contributed by atoms with Crippen molar-refractivity contribution in [2.24, 2.45) is 0 Å². The molecule has 0 saturated carbocycles. The highest BCUT2D eigenvalue weighted by atomic mass is 19.1. The topological polar surface area (TPSA) is 80.0 Å². The Bertz CT molecular complexity index is 1200. The minimum atomic E-state index is -1.57. The number of fused-ring (bicyclic) bond motifs is 1. The molecule has 1 heterocycles. The molecule has 6 heteroatoms. The molecule has 1 atom stereocenters. The quantitative estimate of drug-likeness (QED) is 0.549. The molecule has 1 aliphatic rings. The van der Waals surface area contributed by atoms with Crippen LogP contribution in [0.15, 0.2) is 85.0 Å². The van der Waals surface area contributed by atoms with Gasteiger partial charge in [0.2, 0.25) is 0 Å². The lowest BCUT2D eigenvalue weighted by Gasteiger charge is -2.15. The zero-order valence-electron chi connectivity index (χ0n) is 16.4. The summed E-state index contributed by atoms with van der Waals surface area (Å²) in [6.45, 7) is 1.46. The number of aromatic nitrogens is 1. The van der Waals surface area contributed by atoms with Gasteiger partial charge in [0.15, 0.2) is 0 Å². The number of carbonyl (C=O) groups is 1. The van der Waals surface area contributed by atoms with E-state index in [1.54, 1.807) is 24.3 Å². The summed E-state index contributed by atoms with van der Waals surface area (Å²) in [4.78, 5) is 17.7. The van der Waals surface area contributed by atoms with Gasteiger partial charge in [-0.1, -0.05) is 54.6 Å². The number of hydrogen-bond acceptors (Lipinski definition) is 4. The Morgan fingerprint density at radius 3 is 2.60 bits per heavy atom. The summed E-state index contributed by atoms with van der Waals surface area (Å²) in [5.41, 5.74) is 13.4. The van der Waals surface area contributed by atoms with Crippen molar-refractivity contribution in [3.05, 3.63) is 96.2 Å². The zero-order chi connectivity index (χ0) is 21.1. The van der Waals surface area contributed by atoms with Crippen LogP contribution in [0.1, 0.15) is 23.0 Å². The van der Waals surface area contributed by atoms with Crippen LogP contribution < -0.4 is 16.6 Å². The Hall–Kier alpha value is -3.93. The second kappa shape index (κ2) is 7.83. The van der Waals surface area contributed by atoms with Crippen LogP contribution in [0.2, 0.25) is 0 Å². The summed E-state index contributed by atoms with van der Waals surface area (Å²) >= 11 is 0. The van der Waals surface area contributed by atoms with Gasteiger partial charge < -0.3 is 5.73 Å². The van der Waals surface area contributed by atoms with Crippen LogP contribution in [0.5, 0.6) is 0 Å². The van der Waals surface area contributed by atoms with E-state index in [0.29, 0.717) is 27.7 Å². The van der Waals surface area contributed by atoms with Crippen molar-refractivity contribution in [3.8, 4) is 0 Å². The third-order valence-corrected chi connectivity index (χ3v) is 4.81. The fraction of sp³-hybridized carbons (Fsp3) is 0.0833. The maximum atomic E-state index is 14.3. The molecule has 0 bridgehead atoms. The van der Waals surface area contributed by atoms with Crippen molar-refractivity contribution in [2.45, 2.75) is 12.6 Å². The van der Waals surface area contributed by atoms with Gasteiger partial charge in [0.05, 0.1) is 28.1 Å². The Morgan fingerprint density at radius 2 is 1.80 bits per heavy atom. The van der Waals surface area contributed by atoms with Crippen molar-refractivity contribution in [1.29, 1.82) is 0 Å². The maximum Gasteiger partial charge on any atom is 0.272 e. The predicted octanol–water partition coefficient (Wildman–Crippen LogP) is 4.81. The van der Waals surface area contributed by atoms with Crippen LogP contribution in [0.4, 0.5) is 15.8 Å². The first kappa shape index (κ1) is 19.4. The molecule has 3 aromatic rings. The number of nitrogens with zero attached hydrogens (tertiary/aromatic N) is 1. The van der Waals surface area contributed by atoms with Gasteiger partial charge in [0.25, 0.3) is 5.91 Å². The molecule has 4 rings (SSSR count). The molecule has 0 saturated heterocycles. The van der Waals surface area contributed by atoms with E-state index in [-0.39, 0.29) is 11.6 Å². The number of nitrogen functional groups attached to an aromatic ring is 1.